The van der Waals surface area contributed by atoms with Crippen molar-refractivity contribution in [1.29, 1.82) is 0 Å². The van der Waals surface area contributed by atoms with Crippen LogP contribution in [0.5, 0.6) is 0 Å². The van der Waals surface area contributed by atoms with Crippen LogP contribution in [0.3, 0.4) is 0 Å². The monoisotopic (exact) mass is 296 g/mol. The van der Waals surface area contributed by atoms with E-state index in [1.807, 2.05) is 13.2 Å². The third-order valence-corrected chi connectivity index (χ3v) is 5.45. The van der Waals surface area contributed by atoms with Crippen LogP contribution in [0.4, 0.5) is 0 Å². The minimum Gasteiger partial charge on any atom is -0.466 e. The van der Waals surface area contributed by atoms with Crippen molar-refractivity contribution in [3.63, 3.8) is 0 Å². The van der Waals surface area contributed by atoms with Crippen molar-refractivity contribution in [1.82, 2.24) is 0 Å². The Morgan fingerprint density at radius 2 is 2.24 bits per heavy atom. The first kappa shape index (κ1) is 16.5. The van der Waals surface area contributed by atoms with Gasteiger partial charge < -0.3 is 15.0 Å². The predicted molar refractivity (Wildman–Crippen MR) is 76.8 cm³/mol. The molecule has 17 heavy (non-hydrogen) atoms. The number of ether oxygens (including phenoxy) is 1. The summed E-state index contributed by atoms with van der Waals surface area (Å²) in [5.41, 5.74) is 5.62. The molecule has 0 aromatic heterocycles. The molecule has 0 saturated carbocycles. The summed E-state index contributed by atoms with van der Waals surface area (Å²) in [6.45, 7) is 3.52. The molecule has 2 N–H and O–H groups in total. The van der Waals surface area contributed by atoms with Crippen LogP contribution in [0.15, 0.2) is 16.6 Å². The average molecular weight is 296 g/mol. The first-order valence-electron chi connectivity index (χ1n) is 4.81. The average Bonchev–Trinajstić information content (AvgIpc) is 2.28. The molecular weight excluding hydrogens is 279 g/mol. The molecule has 0 rings (SSSR count). The number of hydrogen-bond donors (Lipinski definition) is 1. The van der Waals surface area contributed by atoms with E-state index in [4.69, 9.17) is 22.1 Å². The summed E-state index contributed by atoms with van der Waals surface area (Å²) in [6.07, 6.45) is 1.22. The molecule has 1 unspecified atom stereocenters. The molecule has 0 aliphatic carbocycles. The highest BCUT2D eigenvalue weighted by atomic mass is 32.4. The number of methoxy groups -OCH3 is 1. The second kappa shape index (κ2) is 7.74. The van der Waals surface area contributed by atoms with Gasteiger partial charge >= 0.3 is 5.97 Å². The van der Waals surface area contributed by atoms with Crippen LogP contribution in [-0.2, 0) is 25.9 Å². The van der Waals surface area contributed by atoms with Gasteiger partial charge in [-0.25, -0.2) is 4.79 Å². The fourth-order valence-corrected chi connectivity index (χ4v) is 3.43. The van der Waals surface area contributed by atoms with E-state index < -0.39 is 12.4 Å². The van der Waals surface area contributed by atoms with Crippen LogP contribution in [0.1, 0.15) is 13.8 Å². The molecule has 0 fully saturated rings. The lowest BCUT2D eigenvalue weighted by Crippen LogP contribution is -2.06. The molecule has 0 spiro atoms. The molecule has 8 heteroatoms. The van der Waals surface area contributed by atoms with E-state index in [9.17, 15) is 4.79 Å². The van der Waals surface area contributed by atoms with E-state index in [0.717, 1.165) is 0 Å². The molecule has 0 bridgehead atoms. The summed E-state index contributed by atoms with van der Waals surface area (Å²) in [5, 5.41) is 0.390. The molecular formula is C9H17N2O3PS2. The lowest BCUT2D eigenvalue weighted by atomic mass is 10.5. The number of thioether (sulfide) groups is 1. The second-order valence-corrected chi connectivity index (χ2v) is 7.79. The number of amidine groups is 1. The van der Waals surface area contributed by atoms with Gasteiger partial charge in [0.15, 0.2) is 5.17 Å². The zero-order valence-electron chi connectivity index (χ0n) is 10.3. The third kappa shape index (κ3) is 6.71. The summed E-state index contributed by atoms with van der Waals surface area (Å²) in [6, 6.07) is 0. The van der Waals surface area contributed by atoms with Gasteiger partial charge in [-0.3, -0.25) is 0 Å². The molecule has 0 aliphatic heterocycles. The SMILES string of the molecule is CCP(=S)(N=C(N)SC)OC(C)=CC(=O)OC. The number of allylic oxidation sites excluding steroid dienone is 1. The number of carbonyl (C=O) groups is 1. The van der Waals surface area contributed by atoms with Crippen LogP contribution >= 0.6 is 18.2 Å². The van der Waals surface area contributed by atoms with Gasteiger partial charge in [0.2, 0.25) is 6.42 Å². The highest BCUT2D eigenvalue weighted by Gasteiger charge is 2.16. The highest BCUT2D eigenvalue weighted by molar-refractivity contribution is 8.15. The van der Waals surface area contributed by atoms with Crippen LogP contribution < -0.4 is 5.73 Å². The number of nitrogens with two attached hydrogens (primary N) is 1. The van der Waals surface area contributed by atoms with Crippen molar-refractivity contribution in [2.24, 2.45) is 10.5 Å². The molecule has 0 aliphatic rings. The van der Waals surface area contributed by atoms with Gasteiger partial charge in [-0.15, -0.1) is 0 Å². The maximum absolute atomic E-state index is 11.0. The zero-order valence-corrected chi connectivity index (χ0v) is 12.8. The fraction of sp³-hybridized carbons (Fsp3) is 0.556. The lowest BCUT2D eigenvalue weighted by molar-refractivity contribution is -0.135. The first-order chi connectivity index (χ1) is 7.86. The normalized spacial score (nSPS) is 16.2. The fourth-order valence-electron chi connectivity index (χ4n) is 0.823. The quantitative estimate of drug-likeness (QED) is 0.209. The first-order valence-corrected chi connectivity index (χ1v) is 8.89. The minimum atomic E-state index is -2.40. The Kier molecular flexibility index (Phi) is 7.50. The second-order valence-electron chi connectivity index (χ2n) is 2.97. The summed E-state index contributed by atoms with van der Waals surface area (Å²) >= 11 is 6.64. The molecule has 0 radical (unpaired) electrons. The van der Waals surface area contributed by atoms with Crippen LogP contribution in [-0.4, -0.2) is 30.7 Å². The van der Waals surface area contributed by atoms with Crippen molar-refractivity contribution >= 4 is 41.1 Å². The smallest absolute Gasteiger partial charge is 0.333 e. The Morgan fingerprint density at radius 1 is 1.65 bits per heavy atom. The van der Waals surface area contributed by atoms with Crippen LogP contribution in [0.25, 0.3) is 0 Å². The highest BCUT2D eigenvalue weighted by Crippen LogP contribution is 2.50. The Morgan fingerprint density at radius 3 is 2.65 bits per heavy atom. The van der Waals surface area contributed by atoms with Crippen LogP contribution in [0, 0.1) is 0 Å². The Labute approximate surface area is 111 Å². The van der Waals surface area contributed by atoms with Gasteiger partial charge in [-0.2, -0.15) is 4.76 Å². The maximum Gasteiger partial charge on any atom is 0.333 e. The van der Waals surface area contributed by atoms with Gasteiger partial charge in [0.25, 0.3) is 0 Å². The maximum atomic E-state index is 11.0. The molecule has 0 amide bonds. The van der Waals surface area contributed by atoms with E-state index in [2.05, 4.69) is 9.50 Å². The number of nitrogens with zero attached hydrogens (tertiary/aromatic N) is 1. The van der Waals surface area contributed by atoms with Gasteiger partial charge in [0.1, 0.15) is 5.76 Å². The summed E-state index contributed by atoms with van der Waals surface area (Å²) in [4.78, 5) is 11.0. The van der Waals surface area contributed by atoms with Crippen molar-refractivity contribution in [3.8, 4) is 0 Å². The van der Waals surface area contributed by atoms with E-state index >= 15 is 0 Å². The van der Waals surface area contributed by atoms with Gasteiger partial charge in [-0.05, 0) is 25.0 Å². The summed E-state index contributed by atoms with van der Waals surface area (Å²) < 4.78 is 14.2. The van der Waals surface area contributed by atoms with Crippen LogP contribution in [0.2, 0.25) is 0 Å². The molecule has 5 nitrogen and oxygen atoms in total. The Bertz CT molecular complexity index is 382. The van der Waals surface area contributed by atoms with Crippen molar-refractivity contribution < 1.29 is 14.1 Å². The molecule has 0 aromatic rings. The number of esters is 1. The minimum absolute atomic E-state index is 0.389. The molecule has 98 valence electrons. The Hall–Kier alpha value is -0.520. The molecule has 1 atom stereocenters. The molecule has 0 aromatic carbocycles. The molecule has 0 heterocycles. The van der Waals surface area contributed by atoms with E-state index in [1.54, 1.807) is 6.92 Å². The topological polar surface area (TPSA) is 73.9 Å². The van der Waals surface area contributed by atoms with Gasteiger partial charge in [0, 0.05) is 6.16 Å². The number of carbonyl (C=O) groups excluding carboxylic acids is 1. The van der Waals surface area contributed by atoms with Crippen molar-refractivity contribution in [2.75, 3.05) is 19.5 Å². The zero-order chi connectivity index (χ0) is 13.5. The van der Waals surface area contributed by atoms with Crippen molar-refractivity contribution in [2.45, 2.75) is 13.8 Å². The summed E-state index contributed by atoms with van der Waals surface area (Å²) in [7, 11) is 1.30. The van der Waals surface area contributed by atoms with E-state index in [0.29, 0.717) is 17.1 Å². The third-order valence-electron chi connectivity index (χ3n) is 1.67. The van der Waals surface area contributed by atoms with Gasteiger partial charge in [-0.1, -0.05) is 18.7 Å². The largest absolute Gasteiger partial charge is 0.466 e. The van der Waals surface area contributed by atoms with Crippen molar-refractivity contribution in [3.05, 3.63) is 11.8 Å². The van der Waals surface area contributed by atoms with E-state index in [-0.39, 0.29) is 0 Å². The lowest BCUT2D eigenvalue weighted by Gasteiger charge is -2.17. The van der Waals surface area contributed by atoms with E-state index in [1.165, 1.54) is 24.9 Å². The number of hydrogen-bond acceptors (Lipinski definition) is 5. The molecule has 0 saturated heterocycles. The predicted octanol–water partition coefficient (Wildman–Crippen LogP) is 2.09. The Balaban J connectivity index is 4.88. The number of rotatable bonds is 5. The summed E-state index contributed by atoms with van der Waals surface area (Å²) in [5.74, 6) is -0.0957. The van der Waals surface area contributed by atoms with Gasteiger partial charge in [0.05, 0.1) is 13.2 Å². The standard InChI is InChI=1S/C9H17N2O3PS2/c1-5-15(16,11-9(10)17-4)14-7(2)6-8(12)13-3/h6H,5H2,1-4H3,(H2,10,11,16).